The minimum Gasteiger partial charge on any atom is -0.508 e. The lowest BCUT2D eigenvalue weighted by Crippen LogP contribution is -2.42. The molecule has 18 heavy (non-hydrogen) atoms. The molecule has 0 bridgehead atoms. The molecular formula is C13H19N3O2. The minimum atomic E-state index is -0.154. The smallest absolute Gasteiger partial charge is 0.315 e. The fourth-order valence-electron chi connectivity index (χ4n) is 2.14. The fraction of sp³-hybridized carbons (Fsp3) is 0.462. The van der Waals surface area contributed by atoms with E-state index in [1.54, 1.807) is 18.2 Å². The first-order valence-corrected chi connectivity index (χ1v) is 6.14. The molecule has 5 heteroatoms. The summed E-state index contributed by atoms with van der Waals surface area (Å²) >= 11 is 0. The van der Waals surface area contributed by atoms with Gasteiger partial charge in [-0.2, -0.15) is 0 Å². The van der Waals surface area contributed by atoms with Crippen LogP contribution in [0.5, 0.6) is 5.75 Å². The van der Waals surface area contributed by atoms with Gasteiger partial charge in [0.1, 0.15) is 5.75 Å². The molecule has 0 saturated carbocycles. The predicted octanol–water partition coefficient (Wildman–Crippen LogP) is 0.895. The lowest BCUT2D eigenvalue weighted by atomic mass is 10.2. The minimum absolute atomic E-state index is 0.154. The zero-order valence-corrected chi connectivity index (χ0v) is 10.5. The van der Waals surface area contributed by atoms with Gasteiger partial charge >= 0.3 is 6.03 Å². The fourth-order valence-corrected chi connectivity index (χ4v) is 2.14. The van der Waals surface area contributed by atoms with Gasteiger partial charge in [-0.15, -0.1) is 0 Å². The Bertz CT molecular complexity index is 422. The summed E-state index contributed by atoms with van der Waals surface area (Å²) in [4.78, 5) is 13.9. The van der Waals surface area contributed by atoms with Gasteiger partial charge in [0, 0.05) is 19.1 Å². The zero-order valence-electron chi connectivity index (χ0n) is 10.5. The number of hydrogen-bond donors (Lipinski definition) is 3. The van der Waals surface area contributed by atoms with Crippen molar-refractivity contribution in [3.8, 4) is 5.75 Å². The molecule has 0 aromatic heterocycles. The monoisotopic (exact) mass is 249 g/mol. The van der Waals surface area contributed by atoms with Crippen molar-refractivity contribution in [1.29, 1.82) is 0 Å². The number of likely N-dealkylation sites (tertiary alicyclic amines) is 1. The number of carbonyl (C=O) groups is 1. The molecule has 1 saturated heterocycles. The molecule has 1 aromatic rings. The van der Waals surface area contributed by atoms with Gasteiger partial charge in [0.05, 0.1) is 0 Å². The number of nitrogens with one attached hydrogen (secondary N) is 2. The standard InChI is InChI=1S/C13H19N3O2/c1-16-6-5-11(9-16)15-13(18)14-8-10-3-2-4-12(17)7-10/h2-4,7,11,17H,5-6,8-9H2,1H3,(H2,14,15,18). The van der Waals surface area contributed by atoms with Crippen LogP contribution in [0, 0.1) is 0 Å². The number of hydrogen-bond acceptors (Lipinski definition) is 3. The van der Waals surface area contributed by atoms with Gasteiger partial charge in [-0.3, -0.25) is 0 Å². The Labute approximate surface area is 107 Å². The number of likely N-dealkylation sites (N-methyl/N-ethyl adjacent to an activating group) is 1. The van der Waals surface area contributed by atoms with Crippen molar-refractivity contribution in [1.82, 2.24) is 15.5 Å². The number of aromatic hydroxyl groups is 1. The van der Waals surface area contributed by atoms with Crippen LogP contribution in [0.25, 0.3) is 0 Å². The summed E-state index contributed by atoms with van der Waals surface area (Å²) in [7, 11) is 2.05. The zero-order chi connectivity index (χ0) is 13.0. The van der Waals surface area contributed by atoms with Gasteiger partial charge in [0.25, 0.3) is 0 Å². The van der Waals surface area contributed by atoms with Gasteiger partial charge < -0.3 is 20.6 Å². The first-order valence-electron chi connectivity index (χ1n) is 6.14. The van der Waals surface area contributed by atoms with Crippen LogP contribution in [-0.4, -0.2) is 42.2 Å². The number of rotatable bonds is 3. The number of phenols is 1. The highest BCUT2D eigenvalue weighted by Gasteiger charge is 2.20. The largest absolute Gasteiger partial charge is 0.508 e. The van der Waals surface area contributed by atoms with Crippen molar-refractivity contribution in [2.75, 3.05) is 20.1 Å². The van der Waals surface area contributed by atoms with Gasteiger partial charge in [0.2, 0.25) is 0 Å². The Hall–Kier alpha value is -1.75. The highest BCUT2D eigenvalue weighted by Crippen LogP contribution is 2.10. The second-order valence-corrected chi connectivity index (χ2v) is 4.74. The highest BCUT2D eigenvalue weighted by atomic mass is 16.3. The predicted molar refractivity (Wildman–Crippen MR) is 69.4 cm³/mol. The van der Waals surface area contributed by atoms with E-state index >= 15 is 0 Å². The number of amides is 2. The second kappa shape index (κ2) is 5.73. The number of urea groups is 1. The molecule has 0 radical (unpaired) electrons. The van der Waals surface area contributed by atoms with Crippen molar-refractivity contribution in [3.63, 3.8) is 0 Å². The summed E-state index contributed by atoms with van der Waals surface area (Å²) in [6, 6.07) is 6.96. The SMILES string of the molecule is CN1CCC(NC(=O)NCc2cccc(O)c2)C1. The van der Waals surface area contributed by atoms with E-state index in [0.717, 1.165) is 25.1 Å². The lowest BCUT2D eigenvalue weighted by Gasteiger charge is -2.13. The Kier molecular flexibility index (Phi) is 4.04. The first-order chi connectivity index (χ1) is 8.63. The molecule has 1 fully saturated rings. The molecule has 5 nitrogen and oxygen atoms in total. The summed E-state index contributed by atoms with van der Waals surface area (Å²) in [6.45, 7) is 2.35. The van der Waals surface area contributed by atoms with Crippen LogP contribution < -0.4 is 10.6 Å². The average Bonchev–Trinajstić information content (AvgIpc) is 2.72. The number of benzene rings is 1. The molecule has 2 rings (SSSR count). The van der Waals surface area contributed by atoms with Crippen LogP contribution in [0.4, 0.5) is 4.79 Å². The Morgan fingerprint density at radius 2 is 2.39 bits per heavy atom. The van der Waals surface area contributed by atoms with Crippen molar-refractivity contribution in [3.05, 3.63) is 29.8 Å². The van der Waals surface area contributed by atoms with Crippen LogP contribution in [-0.2, 0) is 6.54 Å². The third kappa shape index (κ3) is 3.63. The summed E-state index contributed by atoms with van der Waals surface area (Å²) in [6.07, 6.45) is 0.996. The van der Waals surface area contributed by atoms with Crippen LogP contribution in [0.2, 0.25) is 0 Å². The number of nitrogens with zero attached hydrogens (tertiary/aromatic N) is 1. The highest BCUT2D eigenvalue weighted by molar-refractivity contribution is 5.74. The molecule has 0 spiro atoms. The lowest BCUT2D eigenvalue weighted by molar-refractivity contribution is 0.236. The maximum absolute atomic E-state index is 11.7. The van der Waals surface area contributed by atoms with Gasteiger partial charge in [-0.1, -0.05) is 12.1 Å². The first kappa shape index (κ1) is 12.7. The van der Waals surface area contributed by atoms with E-state index in [-0.39, 0.29) is 17.8 Å². The normalized spacial score (nSPS) is 19.7. The summed E-state index contributed by atoms with van der Waals surface area (Å²) in [5, 5.41) is 15.0. The van der Waals surface area contributed by atoms with E-state index in [9.17, 15) is 9.90 Å². The molecule has 3 N–H and O–H groups in total. The molecule has 98 valence electrons. The summed E-state index contributed by atoms with van der Waals surface area (Å²) in [5.41, 5.74) is 0.883. The van der Waals surface area contributed by atoms with Crippen molar-refractivity contribution >= 4 is 6.03 Å². The summed E-state index contributed by atoms with van der Waals surface area (Å²) < 4.78 is 0. The third-order valence-corrected chi connectivity index (χ3v) is 3.09. The van der Waals surface area contributed by atoms with Crippen LogP contribution in [0.3, 0.4) is 0 Å². The van der Waals surface area contributed by atoms with Crippen molar-refractivity contribution in [2.45, 2.75) is 19.0 Å². The molecule has 1 atom stereocenters. The van der Waals surface area contributed by atoms with Gasteiger partial charge in [-0.25, -0.2) is 4.79 Å². The molecule has 1 aliphatic rings. The summed E-state index contributed by atoms with van der Waals surface area (Å²) in [5.74, 6) is 0.215. The van der Waals surface area contributed by atoms with Gasteiger partial charge in [0.15, 0.2) is 0 Å². The Morgan fingerprint density at radius 1 is 1.56 bits per heavy atom. The van der Waals surface area contributed by atoms with E-state index < -0.39 is 0 Å². The van der Waals surface area contributed by atoms with Gasteiger partial charge in [-0.05, 0) is 37.7 Å². The molecule has 0 aliphatic carbocycles. The van der Waals surface area contributed by atoms with E-state index in [0.29, 0.717) is 6.54 Å². The second-order valence-electron chi connectivity index (χ2n) is 4.74. The van der Waals surface area contributed by atoms with E-state index in [1.165, 1.54) is 0 Å². The number of carbonyl (C=O) groups excluding carboxylic acids is 1. The molecule has 2 amide bonds. The molecule has 1 aromatic carbocycles. The van der Waals surface area contributed by atoms with Crippen molar-refractivity contribution < 1.29 is 9.90 Å². The van der Waals surface area contributed by atoms with Crippen LogP contribution >= 0.6 is 0 Å². The topological polar surface area (TPSA) is 64.6 Å². The maximum atomic E-state index is 11.7. The van der Waals surface area contributed by atoms with Crippen LogP contribution in [0.15, 0.2) is 24.3 Å². The molecule has 1 unspecified atom stereocenters. The van der Waals surface area contributed by atoms with E-state index in [2.05, 4.69) is 15.5 Å². The quantitative estimate of drug-likeness (QED) is 0.745. The van der Waals surface area contributed by atoms with Crippen molar-refractivity contribution in [2.24, 2.45) is 0 Å². The number of phenolic OH excluding ortho intramolecular Hbond substituents is 1. The maximum Gasteiger partial charge on any atom is 0.315 e. The van der Waals surface area contributed by atoms with E-state index in [4.69, 9.17) is 0 Å². The molecule has 1 aliphatic heterocycles. The third-order valence-electron chi connectivity index (χ3n) is 3.09. The average molecular weight is 249 g/mol. The van der Waals surface area contributed by atoms with E-state index in [1.807, 2.05) is 13.1 Å². The molecule has 1 heterocycles. The molecular weight excluding hydrogens is 230 g/mol. The Balaban J connectivity index is 1.75. The van der Waals surface area contributed by atoms with Crippen LogP contribution in [0.1, 0.15) is 12.0 Å². The Morgan fingerprint density at radius 3 is 3.06 bits per heavy atom.